The summed E-state index contributed by atoms with van der Waals surface area (Å²) in [5.41, 5.74) is 7.84. The van der Waals surface area contributed by atoms with Gasteiger partial charge in [0.2, 0.25) is 5.91 Å². The van der Waals surface area contributed by atoms with Crippen LogP contribution in [-0.4, -0.2) is 53.9 Å². The molecule has 2 heterocycles. The van der Waals surface area contributed by atoms with Gasteiger partial charge in [0.05, 0.1) is 22.9 Å². The van der Waals surface area contributed by atoms with Crippen LogP contribution in [0.2, 0.25) is 0 Å². The van der Waals surface area contributed by atoms with Crippen LogP contribution >= 0.6 is 0 Å². The lowest BCUT2D eigenvalue weighted by atomic mass is 10.0. The number of nitriles is 1. The van der Waals surface area contributed by atoms with E-state index in [1.807, 2.05) is 4.90 Å². The number of likely N-dealkylation sites (tertiary alicyclic amines) is 1. The van der Waals surface area contributed by atoms with E-state index in [1.165, 1.54) is 12.1 Å². The third-order valence-corrected chi connectivity index (χ3v) is 6.88. The second-order valence-electron chi connectivity index (χ2n) is 9.69. The Labute approximate surface area is 232 Å². The Morgan fingerprint density at radius 2 is 1.90 bits per heavy atom. The largest absolute Gasteiger partial charge is 0.369 e. The number of carbonyl (C=O) groups is 2. The van der Waals surface area contributed by atoms with E-state index >= 15 is 0 Å². The summed E-state index contributed by atoms with van der Waals surface area (Å²) in [6.45, 7) is 1.67. The third kappa shape index (κ3) is 7.18. The number of nitrogens with one attached hydrogen (secondary N) is 2. The number of hydrogen-bond acceptors (Lipinski definition) is 6. The highest BCUT2D eigenvalue weighted by Crippen LogP contribution is 2.25. The second-order valence-corrected chi connectivity index (χ2v) is 9.69. The third-order valence-electron chi connectivity index (χ3n) is 6.88. The van der Waals surface area contributed by atoms with E-state index in [9.17, 15) is 23.6 Å². The highest BCUT2D eigenvalue weighted by molar-refractivity contribution is 5.99. The number of aromatic nitrogens is 1. The van der Waals surface area contributed by atoms with Gasteiger partial charge in [-0.3, -0.25) is 9.59 Å². The number of benzene rings is 2. The van der Waals surface area contributed by atoms with Crippen LogP contribution in [0.4, 0.5) is 14.6 Å². The molecule has 2 aromatic carbocycles. The van der Waals surface area contributed by atoms with Gasteiger partial charge in [0.15, 0.2) is 0 Å². The maximum atomic E-state index is 13.6. The fourth-order valence-corrected chi connectivity index (χ4v) is 4.89. The Hall–Kier alpha value is -4.36. The maximum absolute atomic E-state index is 13.6. The normalized spacial score (nSPS) is 14.6. The minimum Gasteiger partial charge on any atom is -0.369 e. The fraction of sp³-hybridized carbons (Fsp3) is 0.333. The number of amides is 2. The van der Waals surface area contributed by atoms with Gasteiger partial charge in [-0.25, -0.2) is 13.8 Å². The number of nitrogens with zero attached hydrogens (tertiary/aromatic N) is 3. The molecule has 1 aromatic heterocycles. The first-order chi connectivity index (χ1) is 19.4. The molecule has 0 unspecified atom stereocenters. The molecule has 0 saturated carbocycles. The average molecular weight is 547 g/mol. The first kappa shape index (κ1) is 28.6. The molecule has 1 atom stereocenters. The molecule has 10 heteroatoms. The molecule has 208 valence electrons. The maximum Gasteiger partial charge on any atom is 0.255 e. The van der Waals surface area contributed by atoms with E-state index in [0.717, 1.165) is 18.9 Å². The number of nitrogens with two attached hydrogens (primary N) is 1. The summed E-state index contributed by atoms with van der Waals surface area (Å²) in [7, 11) is 0. The fourth-order valence-electron chi connectivity index (χ4n) is 4.89. The molecule has 2 amide bonds. The van der Waals surface area contributed by atoms with Crippen molar-refractivity contribution in [3.8, 4) is 17.3 Å². The zero-order valence-electron chi connectivity index (χ0n) is 22.1. The first-order valence-corrected chi connectivity index (χ1v) is 13.4. The summed E-state index contributed by atoms with van der Waals surface area (Å²) in [6, 6.07) is 15.7. The molecule has 3 aromatic rings. The van der Waals surface area contributed by atoms with Crippen LogP contribution in [0.5, 0.6) is 0 Å². The molecule has 40 heavy (non-hydrogen) atoms. The van der Waals surface area contributed by atoms with Crippen LogP contribution in [0, 0.1) is 23.0 Å². The number of anilines is 1. The Balaban J connectivity index is 1.52. The Morgan fingerprint density at radius 1 is 1.12 bits per heavy atom. The van der Waals surface area contributed by atoms with Gasteiger partial charge in [-0.1, -0.05) is 18.2 Å². The number of halogens is 2. The molecular formula is C30H32F2N6O2. The summed E-state index contributed by atoms with van der Waals surface area (Å²) < 4.78 is 27.3. The van der Waals surface area contributed by atoms with E-state index in [1.54, 1.807) is 36.4 Å². The number of hydrogen-bond donors (Lipinski definition) is 3. The van der Waals surface area contributed by atoms with Crippen LogP contribution in [0.3, 0.4) is 0 Å². The highest BCUT2D eigenvalue weighted by atomic mass is 19.1. The molecule has 0 aliphatic carbocycles. The van der Waals surface area contributed by atoms with E-state index in [-0.39, 0.29) is 35.8 Å². The van der Waals surface area contributed by atoms with Crippen LogP contribution in [0.1, 0.15) is 47.2 Å². The molecular weight excluding hydrogens is 514 g/mol. The summed E-state index contributed by atoms with van der Waals surface area (Å²) in [5.74, 6) is -1.37. The van der Waals surface area contributed by atoms with Crippen molar-refractivity contribution in [2.24, 2.45) is 5.73 Å². The lowest BCUT2D eigenvalue weighted by molar-refractivity contribution is -0.132. The van der Waals surface area contributed by atoms with Crippen LogP contribution in [0.25, 0.3) is 11.3 Å². The minimum atomic E-state index is -0.661. The van der Waals surface area contributed by atoms with Crippen molar-refractivity contribution in [2.75, 3.05) is 31.5 Å². The molecule has 1 aliphatic heterocycles. The molecule has 1 aliphatic rings. The number of pyridine rings is 1. The Morgan fingerprint density at radius 3 is 2.65 bits per heavy atom. The average Bonchev–Trinajstić information content (AvgIpc) is 3.43. The van der Waals surface area contributed by atoms with Gasteiger partial charge < -0.3 is 21.3 Å². The van der Waals surface area contributed by atoms with E-state index in [0.29, 0.717) is 61.3 Å². The van der Waals surface area contributed by atoms with Crippen molar-refractivity contribution in [2.45, 2.75) is 38.1 Å². The predicted octanol–water partition coefficient (Wildman–Crippen LogP) is 4.01. The molecule has 1 fully saturated rings. The number of carbonyl (C=O) groups excluding carboxylic acids is 2. The smallest absolute Gasteiger partial charge is 0.255 e. The van der Waals surface area contributed by atoms with E-state index in [2.05, 4.69) is 21.7 Å². The molecule has 4 rings (SSSR count). The standard InChI is InChI=1S/C30H32F2N6O2/c31-22-15-20(16-23(32)17-22)11-13-35-29-26(9-10-27(37-29)25-7-2-1-5-21(25)18-34)30(40)36-19-24-6-4-14-38(24)28(39)8-3-12-33/h1-2,5,7,9-10,15-17,24H,3-4,6,8,11-14,19,33H2,(H,35,37)(H,36,40)/t24-/m1/s1. The SMILES string of the molecule is N#Cc1ccccc1-c1ccc(C(=O)NC[C@H]2CCCN2C(=O)CCCN)c(NCCc2cc(F)cc(F)c2)n1. The molecule has 0 radical (unpaired) electrons. The van der Waals surface area contributed by atoms with Gasteiger partial charge in [-0.2, -0.15) is 5.26 Å². The second kappa shape index (κ2) is 13.6. The molecule has 0 bridgehead atoms. The minimum absolute atomic E-state index is 0.0421. The van der Waals surface area contributed by atoms with Gasteiger partial charge in [0, 0.05) is 43.7 Å². The van der Waals surface area contributed by atoms with Gasteiger partial charge in [0.1, 0.15) is 17.5 Å². The molecule has 4 N–H and O–H groups in total. The van der Waals surface area contributed by atoms with Crippen molar-refractivity contribution in [1.29, 1.82) is 5.26 Å². The lowest BCUT2D eigenvalue weighted by Gasteiger charge is -2.25. The first-order valence-electron chi connectivity index (χ1n) is 13.4. The number of rotatable bonds is 11. The van der Waals surface area contributed by atoms with Gasteiger partial charge >= 0.3 is 0 Å². The summed E-state index contributed by atoms with van der Waals surface area (Å²) in [5, 5.41) is 15.6. The van der Waals surface area contributed by atoms with Crippen LogP contribution in [-0.2, 0) is 11.2 Å². The zero-order valence-corrected chi connectivity index (χ0v) is 22.1. The van der Waals surface area contributed by atoms with Crippen molar-refractivity contribution in [3.63, 3.8) is 0 Å². The lowest BCUT2D eigenvalue weighted by Crippen LogP contribution is -2.43. The Bertz CT molecular complexity index is 1390. The van der Waals surface area contributed by atoms with Crippen LogP contribution < -0.4 is 16.4 Å². The van der Waals surface area contributed by atoms with Gasteiger partial charge in [-0.15, -0.1) is 0 Å². The topological polar surface area (TPSA) is 124 Å². The van der Waals surface area contributed by atoms with Gasteiger partial charge in [-0.05, 0) is 68.1 Å². The molecule has 1 saturated heterocycles. The van der Waals surface area contributed by atoms with Crippen molar-refractivity contribution >= 4 is 17.6 Å². The van der Waals surface area contributed by atoms with E-state index in [4.69, 9.17) is 5.73 Å². The van der Waals surface area contributed by atoms with Gasteiger partial charge in [0.25, 0.3) is 5.91 Å². The quantitative estimate of drug-likeness (QED) is 0.334. The van der Waals surface area contributed by atoms with Crippen molar-refractivity contribution in [3.05, 3.63) is 82.9 Å². The summed E-state index contributed by atoms with van der Waals surface area (Å²) >= 11 is 0. The summed E-state index contributed by atoms with van der Waals surface area (Å²) in [4.78, 5) is 32.3. The Kier molecular flexibility index (Phi) is 9.76. The van der Waals surface area contributed by atoms with Crippen LogP contribution in [0.15, 0.2) is 54.6 Å². The van der Waals surface area contributed by atoms with Crippen molar-refractivity contribution in [1.82, 2.24) is 15.2 Å². The van der Waals surface area contributed by atoms with E-state index < -0.39 is 11.6 Å². The van der Waals surface area contributed by atoms with Crippen molar-refractivity contribution < 1.29 is 18.4 Å². The predicted molar refractivity (Wildman–Crippen MR) is 148 cm³/mol. The molecule has 8 nitrogen and oxygen atoms in total. The monoisotopic (exact) mass is 546 g/mol. The zero-order chi connectivity index (χ0) is 28.5. The highest BCUT2D eigenvalue weighted by Gasteiger charge is 2.29. The summed E-state index contributed by atoms with van der Waals surface area (Å²) in [6.07, 6.45) is 2.97. The molecule has 0 spiro atoms.